The number of aliphatic hydroxyl groups is 3. The largest absolute Gasteiger partial charge is 0.569 e. The maximum atomic E-state index is 11.4. The van der Waals surface area contributed by atoms with Crippen LogP contribution in [-0.4, -0.2) is 271 Å². The number of rotatable bonds is 15. The van der Waals surface area contributed by atoms with Crippen molar-refractivity contribution in [2.45, 2.75) is 93.0 Å². The first-order valence-corrected chi connectivity index (χ1v) is 30.6. The molecule has 0 aliphatic rings. The Kier molecular flexibility index (Phi) is 106. The van der Waals surface area contributed by atoms with E-state index < -0.39 is 23.9 Å². The van der Waals surface area contributed by atoms with Crippen molar-refractivity contribution in [1.29, 1.82) is 0 Å². The number of nitrogens with one attached hydrogen (secondary N) is 4. The Labute approximate surface area is 803 Å². The molecule has 668 valence electrons. The van der Waals surface area contributed by atoms with Crippen LogP contribution in [0.5, 0.6) is 23.5 Å². The quantitative estimate of drug-likeness (QED) is 0.0285. The normalized spacial score (nSPS) is 8.35. The first kappa shape index (κ1) is 146. The Morgan fingerprint density at radius 3 is 0.613 bits per heavy atom. The molecule has 12 aromatic heterocycles. The Hall–Kier alpha value is -7.70. The third-order valence-electron chi connectivity index (χ3n) is 11.5. The Balaban J connectivity index is -0.0000000822. The van der Waals surface area contributed by atoms with Crippen LogP contribution in [0.2, 0.25) is 0 Å². The van der Waals surface area contributed by atoms with Crippen molar-refractivity contribution in [3.05, 3.63) is 154 Å². The van der Waals surface area contributed by atoms with Crippen LogP contribution in [0.4, 0.5) is 0 Å². The second kappa shape index (κ2) is 86.7. The monoisotopic (exact) mass is 1980 g/mol. The average Bonchev–Trinajstić information content (AvgIpc) is 1.70. The molecule has 0 aliphatic heterocycles. The van der Waals surface area contributed by atoms with Gasteiger partial charge in [-0.15, -0.1) is 0 Å². The zero-order valence-corrected chi connectivity index (χ0v) is 79.7. The first-order valence-electron chi connectivity index (χ1n) is 30.6. The van der Waals surface area contributed by atoms with Gasteiger partial charge in [0.1, 0.15) is 44.1 Å². The number of aromatic nitrogens is 24. The molecule has 0 atom stereocenters. The number of hydrogen-bond donors (Lipinski definition) is 7. The van der Waals surface area contributed by atoms with Gasteiger partial charge in [0.25, 0.3) is 23.8 Å². The van der Waals surface area contributed by atoms with E-state index >= 15 is 0 Å². The van der Waals surface area contributed by atoms with Crippen LogP contribution < -0.4 is 18.9 Å². The minimum absolute atomic E-state index is 0. The summed E-state index contributed by atoms with van der Waals surface area (Å²) in [5, 5.41) is 63.9. The summed E-state index contributed by atoms with van der Waals surface area (Å²) in [6.45, 7) is 25.3. The molecular weight excluding hydrogens is 1860 g/mol. The van der Waals surface area contributed by atoms with Gasteiger partial charge in [0.15, 0.2) is 0 Å². The van der Waals surface area contributed by atoms with Crippen LogP contribution in [-0.2, 0) is 164 Å². The minimum Gasteiger partial charge on any atom is -0.569 e. The van der Waals surface area contributed by atoms with Gasteiger partial charge in [-0.25, -0.2) is 65.0 Å². The van der Waals surface area contributed by atoms with E-state index in [1.54, 1.807) is 73.8 Å². The van der Waals surface area contributed by atoms with E-state index in [9.17, 15) is 19.2 Å². The van der Waals surface area contributed by atoms with Crippen molar-refractivity contribution >= 4 is 68.0 Å². The van der Waals surface area contributed by atoms with Crippen LogP contribution >= 0.6 is 0 Å². The molecule has 12 aromatic rings. The van der Waals surface area contributed by atoms with Crippen LogP contribution in [0.15, 0.2) is 74.4 Å². The average molecular weight is 1990 g/mol. The summed E-state index contributed by atoms with van der Waals surface area (Å²) in [4.78, 5) is 79.5. The summed E-state index contributed by atoms with van der Waals surface area (Å²) in [7, 11) is 19.5. The van der Waals surface area contributed by atoms with Gasteiger partial charge in [0.2, 0.25) is 23.5 Å². The summed E-state index contributed by atoms with van der Waals surface area (Å²) >= 11 is 0. The zero-order chi connectivity index (χ0) is 79.4. The molecule has 0 saturated heterocycles. The number of carbonyl (C=O) groups is 4. The van der Waals surface area contributed by atoms with Gasteiger partial charge in [-0.3, -0.25) is 20.4 Å². The smallest absolute Gasteiger partial charge is 0.341 e. The third-order valence-corrected chi connectivity index (χ3v) is 11.5. The Morgan fingerprint density at radius 1 is 0.336 bits per heavy atom. The molecule has 0 bridgehead atoms. The Morgan fingerprint density at radius 2 is 0.487 bits per heavy atom. The van der Waals surface area contributed by atoms with E-state index in [1.807, 2.05) is 20.8 Å². The zero-order valence-electron chi connectivity index (χ0n) is 68.3. The molecule has 42 nitrogen and oxygen atoms in total. The minimum atomic E-state index is -0.479. The fourth-order valence-electron chi connectivity index (χ4n) is 6.83. The molecule has 0 unspecified atom stereocenters. The predicted octanol–water partition coefficient (Wildman–Crippen LogP) is 11.2. The van der Waals surface area contributed by atoms with Crippen molar-refractivity contribution in [3.63, 3.8) is 0 Å². The standard InChI is InChI=1S/4C11H10N6O3.3C3H8O.C2H6O.3C2H5.CH4O.CH3O.6CH4.4CH3.4Y/c4*1-19-9-8-7(4-12-16-8)14-11(15-9)17-5-6(3-13-17)10(18)20-2;3*1-3-4-2;1-2-3;5*1-2;;;;;;;;;;;;;;/h4*3-5H,1-2H3,(H,12,16);3*3H2,1-2H3;3H,2H2,1H3;3*1H2,2H3;2H,1H3;2H,1H2;6*1H4;4*1H3;;;;/q;;;;;;;;3*-1;;-1;;;;;;;4*-1;;;;. The molecule has 0 amide bonds. The molecule has 46 heteroatoms. The van der Waals surface area contributed by atoms with E-state index in [0.29, 0.717) is 89.9 Å². The number of aliphatic hydroxyl groups excluding tert-OH is 3. The topological polar surface area (TPSA) is 520 Å². The van der Waals surface area contributed by atoms with Crippen molar-refractivity contribution in [1.82, 2.24) is 120 Å². The summed E-state index contributed by atoms with van der Waals surface area (Å²) in [5.74, 6) is 0.541. The van der Waals surface area contributed by atoms with E-state index in [1.165, 1.54) is 125 Å². The van der Waals surface area contributed by atoms with E-state index in [2.05, 4.69) is 162 Å². The number of ether oxygens (including phenoxy) is 11. The molecule has 119 heavy (non-hydrogen) atoms. The molecule has 12 rings (SSSR count). The van der Waals surface area contributed by atoms with Gasteiger partial charge in [-0.1, -0.05) is 44.6 Å². The molecule has 0 saturated carbocycles. The number of hydrogen-bond acceptors (Lipinski definition) is 34. The maximum absolute atomic E-state index is 11.4. The number of esters is 4. The van der Waals surface area contributed by atoms with Gasteiger partial charge in [0.05, 0.1) is 129 Å². The maximum Gasteiger partial charge on any atom is 0.341 e. The Bertz CT molecular complexity index is 3820. The fraction of sp³-hybridized carbons (Fsp3) is 0.397. The molecule has 0 aromatic carbocycles. The SMILES string of the molecule is C.C.C.C.C.C.CCO.CCOC.CCOC.CCOC.CO.COC(=O)c1cnn(-c2nc(OC)c3[nH]ncc3n2)c1.COC(=O)c1cnn(-c2nc(OC)c3[nH]ncc3n2)c1.COC(=O)c1cnn(-c2nc(OC)c3[nH]ncc3n2)c1.COC(=O)c1cnn(-c2nc(OC)c3[nH]ncc3n2)c1.[CH2-]C.[CH2-]C.[CH2-]C.[CH2-]O.[CH3-].[CH3-].[CH3-].[CH3-].[Y].[Y].[Y].[Y]. The van der Waals surface area contributed by atoms with Crippen molar-refractivity contribution < 1.29 is 217 Å². The second-order valence-electron chi connectivity index (χ2n) is 17.4. The van der Waals surface area contributed by atoms with Gasteiger partial charge >= 0.3 is 23.9 Å². The van der Waals surface area contributed by atoms with Gasteiger partial charge in [-0.2, -0.15) is 81.5 Å². The van der Waals surface area contributed by atoms with Gasteiger partial charge in [0, 0.05) is 210 Å². The molecule has 12 heterocycles. The molecule has 0 fully saturated rings. The van der Waals surface area contributed by atoms with Gasteiger partial charge < -0.3 is 118 Å². The number of aromatic amines is 4. The number of fused-ring (bicyclic) bond motifs is 4. The summed E-state index contributed by atoms with van der Waals surface area (Å²) in [6.07, 6.45) is 17.6. The van der Waals surface area contributed by atoms with Gasteiger partial charge in [-0.05, 0) is 27.7 Å². The van der Waals surface area contributed by atoms with E-state index in [0.717, 1.165) is 26.9 Å². The van der Waals surface area contributed by atoms with E-state index in [4.69, 9.17) is 34.3 Å². The summed E-state index contributed by atoms with van der Waals surface area (Å²) < 4.78 is 58.2. The molecule has 0 spiro atoms. The summed E-state index contributed by atoms with van der Waals surface area (Å²) in [5.41, 5.74) is 5.95. The molecule has 4 radical (unpaired) electrons. The van der Waals surface area contributed by atoms with Crippen molar-refractivity contribution in [2.24, 2.45) is 0 Å². The first-order chi connectivity index (χ1) is 51.1. The second-order valence-corrected chi connectivity index (χ2v) is 17.4. The van der Waals surface area contributed by atoms with Crippen LogP contribution in [0.25, 0.3) is 67.9 Å². The van der Waals surface area contributed by atoms with Crippen LogP contribution in [0.3, 0.4) is 0 Å². The number of nitrogens with zero attached hydrogens (tertiary/aromatic N) is 20. The van der Waals surface area contributed by atoms with Crippen molar-refractivity contribution in [2.75, 3.05) is 112 Å². The molecular formula is C73H128N24O18Y4-8. The number of carbonyl (C=O) groups excluding carboxylic acids is 4. The molecule has 0 aliphatic carbocycles. The van der Waals surface area contributed by atoms with Crippen molar-refractivity contribution in [3.8, 4) is 47.3 Å². The predicted molar refractivity (Wildman–Crippen MR) is 447 cm³/mol. The summed E-state index contributed by atoms with van der Waals surface area (Å²) in [6, 6.07) is 0. The fourth-order valence-corrected chi connectivity index (χ4v) is 6.83. The van der Waals surface area contributed by atoms with E-state index in [-0.39, 0.29) is 236 Å². The number of H-pyrrole nitrogens is 4. The van der Waals surface area contributed by atoms with Crippen LogP contribution in [0, 0.1) is 57.6 Å². The third kappa shape index (κ3) is 46.2. The number of methoxy groups -OCH3 is 11. The molecule has 7 N–H and O–H groups in total. The van der Waals surface area contributed by atoms with Crippen LogP contribution in [0.1, 0.15) is 134 Å².